The zero-order chi connectivity index (χ0) is 12.4. The Bertz CT molecular complexity index is 439. The van der Waals surface area contributed by atoms with Crippen molar-refractivity contribution >= 4 is 33.6 Å². The lowest BCUT2D eigenvalue weighted by Crippen LogP contribution is -2.35. The van der Waals surface area contributed by atoms with Gasteiger partial charge in [0.05, 0.1) is 6.54 Å². The SMILES string of the molecule is CN(CC(N)=O)C1CCSc2ccc(Br)cc21. The summed E-state index contributed by atoms with van der Waals surface area (Å²) in [6.07, 6.45) is 1.05. The molecule has 5 heteroatoms. The molecule has 1 amide bonds. The minimum absolute atomic E-state index is 0.276. The second-order valence-electron chi connectivity index (χ2n) is 4.22. The van der Waals surface area contributed by atoms with E-state index in [4.69, 9.17) is 5.73 Å². The van der Waals surface area contributed by atoms with Gasteiger partial charge >= 0.3 is 0 Å². The van der Waals surface area contributed by atoms with Crippen LogP contribution >= 0.6 is 27.7 Å². The molecule has 0 fully saturated rings. The number of fused-ring (bicyclic) bond motifs is 1. The minimum Gasteiger partial charge on any atom is -0.369 e. The lowest BCUT2D eigenvalue weighted by Gasteiger charge is -2.32. The van der Waals surface area contributed by atoms with Gasteiger partial charge in [-0.1, -0.05) is 15.9 Å². The van der Waals surface area contributed by atoms with Crippen molar-refractivity contribution in [1.29, 1.82) is 0 Å². The average Bonchev–Trinajstić information content (AvgIpc) is 2.27. The van der Waals surface area contributed by atoms with Crippen LogP contribution in [-0.4, -0.2) is 30.2 Å². The van der Waals surface area contributed by atoms with Crippen molar-refractivity contribution < 1.29 is 4.79 Å². The molecule has 3 nitrogen and oxygen atoms in total. The summed E-state index contributed by atoms with van der Waals surface area (Å²) >= 11 is 5.37. The molecule has 1 aromatic carbocycles. The number of nitrogens with zero attached hydrogens (tertiary/aromatic N) is 1. The summed E-state index contributed by atoms with van der Waals surface area (Å²) < 4.78 is 1.08. The Balaban J connectivity index is 2.27. The summed E-state index contributed by atoms with van der Waals surface area (Å²) in [5.74, 6) is 0.810. The summed E-state index contributed by atoms with van der Waals surface area (Å²) in [6, 6.07) is 6.62. The predicted molar refractivity (Wildman–Crippen MR) is 74.0 cm³/mol. The first-order valence-corrected chi connectivity index (χ1v) is 7.26. The molecule has 1 aliphatic heterocycles. The van der Waals surface area contributed by atoms with E-state index in [2.05, 4.69) is 34.1 Å². The van der Waals surface area contributed by atoms with E-state index in [1.807, 2.05) is 23.7 Å². The number of rotatable bonds is 3. The molecule has 1 atom stereocenters. The molecule has 1 aromatic rings. The van der Waals surface area contributed by atoms with Crippen LogP contribution in [0.25, 0.3) is 0 Å². The van der Waals surface area contributed by atoms with Crippen LogP contribution in [0.3, 0.4) is 0 Å². The fourth-order valence-corrected chi connectivity index (χ4v) is 3.63. The number of carbonyl (C=O) groups is 1. The Morgan fingerprint density at radius 2 is 2.41 bits per heavy atom. The number of likely N-dealkylation sites (N-methyl/N-ethyl adjacent to an activating group) is 1. The first-order valence-electron chi connectivity index (χ1n) is 5.48. The normalized spacial score (nSPS) is 19.1. The zero-order valence-electron chi connectivity index (χ0n) is 9.65. The summed E-state index contributed by atoms with van der Waals surface area (Å²) in [4.78, 5) is 14.3. The molecule has 92 valence electrons. The highest BCUT2D eigenvalue weighted by atomic mass is 79.9. The standard InChI is InChI=1S/C12H15BrN2OS/c1-15(7-12(14)16)10-4-5-17-11-3-2-8(13)6-9(10)11/h2-3,6,10H,4-5,7H2,1H3,(H2,14,16). The third-order valence-corrected chi connectivity index (χ3v) is 4.53. The highest BCUT2D eigenvalue weighted by Crippen LogP contribution is 2.39. The first kappa shape index (κ1) is 12.9. The molecule has 0 spiro atoms. The van der Waals surface area contributed by atoms with E-state index < -0.39 is 0 Å². The second kappa shape index (κ2) is 5.42. The van der Waals surface area contributed by atoms with Gasteiger partial charge in [-0.3, -0.25) is 9.69 Å². The molecular formula is C12H15BrN2OS. The van der Waals surface area contributed by atoms with E-state index in [0.717, 1.165) is 16.6 Å². The van der Waals surface area contributed by atoms with Gasteiger partial charge in [0.15, 0.2) is 0 Å². The van der Waals surface area contributed by atoms with E-state index in [-0.39, 0.29) is 11.9 Å². The van der Waals surface area contributed by atoms with Crippen molar-refractivity contribution in [1.82, 2.24) is 4.90 Å². The van der Waals surface area contributed by atoms with Gasteiger partial charge in [-0.15, -0.1) is 11.8 Å². The maximum atomic E-state index is 11.0. The van der Waals surface area contributed by atoms with Gasteiger partial charge in [0.1, 0.15) is 0 Å². The zero-order valence-corrected chi connectivity index (χ0v) is 12.1. The lowest BCUT2D eigenvalue weighted by atomic mass is 10.0. The van der Waals surface area contributed by atoms with E-state index >= 15 is 0 Å². The van der Waals surface area contributed by atoms with Gasteiger partial charge in [0, 0.05) is 15.4 Å². The largest absolute Gasteiger partial charge is 0.369 e. The third kappa shape index (κ3) is 3.03. The molecule has 17 heavy (non-hydrogen) atoms. The van der Waals surface area contributed by atoms with E-state index in [9.17, 15) is 4.79 Å². The number of carbonyl (C=O) groups excluding carboxylic acids is 1. The monoisotopic (exact) mass is 314 g/mol. The van der Waals surface area contributed by atoms with Crippen molar-refractivity contribution in [3.8, 4) is 0 Å². The molecule has 2 N–H and O–H groups in total. The predicted octanol–water partition coefficient (Wildman–Crippen LogP) is 2.40. The first-order chi connectivity index (χ1) is 8.08. The fourth-order valence-electron chi connectivity index (χ4n) is 2.16. The van der Waals surface area contributed by atoms with Crippen molar-refractivity contribution in [3.63, 3.8) is 0 Å². The van der Waals surface area contributed by atoms with Crippen molar-refractivity contribution in [2.75, 3.05) is 19.3 Å². The Kier molecular flexibility index (Phi) is 4.12. The molecule has 0 aromatic heterocycles. The number of hydrogen-bond donors (Lipinski definition) is 1. The summed E-state index contributed by atoms with van der Waals surface area (Å²) in [5, 5.41) is 0. The number of halogens is 1. The van der Waals surface area contributed by atoms with Crippen molar-refractivity contribution in [3.05, 3.63) is 28.2 Å². The number of thioether (sulfide) groups is 1. The highest BCUT2D eigenvalue weighted by molar-refractivity contribution is 9.10. The van der Waals surface area contributed by atoms with Gasteiger partial charge in [-0.05, 0) is 43.0 Å². The van der Waals surface area contributed by atoms with Gasteiger partial charge < -0.3 is 5.73 Å². The third-order valence-electron chi connectivity index (χ3n) is 2.92. The van der Waals surface area contributed by atoms with Gasteiger partial charge in [0.25, 0.3) is 0 Å². The number of hydrogen-bond acceptors (Lipinski definition) is 3. The van der Waals surface area contributed by atoms with Crippen LogP contribution in [0.1, 0.15) is 18.0 Å². The quantitative estimate of drug-likeness (QED) is 0.932. The molecule has 0 saturated heterocycles. The average molecular weight is 315 g/mol. The maximum absolute atomic E-state index is 11.0. The van der Waals surface area contributed by atoms with Crippen LogP contribution in [0.5, 0.6) is 0 Å². The van der Waals surface area contributed by atoms with Crippen LogP contribution in [0.15, 0.2) is 27.6 Å². The molecule has 0 radical (unpaired) electrons. The molecule has 0 saturated carbocycles. The smallest absolute Gasteiger partial charge is 0.231 e. The van der Waals surface area contributed by atoms with E-state index in [1.165, 1.54) is 10.5 Å². The Hall–Kier alpha value is -0.520. The number of amides is 1. The topological polar surface area (TPSA) is 46.3 Å². The summed E-state index contributed by atoms with van der Waals surface area (Å²) in [5.41, 5.74) is 6.55. The lowest BCUT2D eigenvalue weighted by molar-refractivity contribution is -0.119. The number of nitrogens with two attached hydrogens (primary N) is 1. The molecule has 1 heterocycles. The summed E-state index contributed by atoms with van der Waals surface area (Å²) in [6.45, 7) is 0.307. The maximum Gasteiger partial charge on any atom is 0.231 e. The van der Waals surface area contributed by atoms with Crippen molar-refractivity contribution in [2.24, 2.45) is 5.73 Å². The van der Waals surface area contributed by atoms with Crippen LogP contribution < -0.4 is 5.73 Å². The fraction of sp³-hybridized carbons (Fsp3) is 0.417. The molecular weight excluding hydrogens is 300 g/mol. The van der Waals surface area contributed by atoms with Gasteiger partial charge in [-0.2, -0.15) is 0 Å². The second-order valence-corrected chi connectivity index (χ2v) is 6.27. The van der Waals surface area contributed by atoms with E-state index in [0.29, 0.717) is 6.54 Å². The summed E-state index contributed by atoms with van der Waals surface area (Å²) in [7, 11) is 1.95. The Labute approximate surface area is 114 Å². The Morgan fingerprint density at radius 1 is 1.65 bits per heavy atom. The van der Waals surface area contributed by atoms with Crippen LogP contribution in [-0.2, 0) is 4.79 Å². The van der Waals surface area contributed by atoms with Gasteiger partial charge in [-0.25, -0.2) is 0 Å². The molecule has 1 aliphatic rings. The van der Waals surface area contributed by atoms with Crippen molar-refractivity contribution in [2.45, 2.75) is 17.4 Å². The van der Waals surface area contributed by atoms with Gasteiger partial charge in [0.2, 0.25) is 5.91 Å². The molecule has 0 aliphatic carbocycles. The number of primary amides is 1. The molecule has 1 unspecified atom stereocenters. The Morgan fingerprint density at radius 3 is 3.12 bits per heavy atom. The van der Waals surface area contributed by atoms with Crippen LogP contribution in [0.2, 0.25) is 0 Å². The minimum atomic E-state index is -0.276. The van der Waals surface area contributed by atoms with Crippen LogP contribution in [0, 0.1) is 0 Å². The molecule has 2 rings (SSSR count). The van der Waals surface area contributed by atoms with E-state index in [1.54, 1.807) is 0 Å². The van der Waals surface area contributed by atoms with Crippen LogP contribution in [0.4, 0.5) is 0 Å². The number of benzene rings is 1. The highest BCUT2D eigenvalue weighted by Gasteiger charge is 2.25. The molecule has 0 bridgehead atoms.